The minimum atomic E-state index is -0.643. The smallest absolute Gasteiger partial charge is 0.408 e. The first-order valence-corrected chi connectivity index (χ1v) is 3.81. The zero-order valence-corrected chi connectivity index (χ0v) is 8.01. The van der Waals surface area contributed by atoms with Crippen LogP contribution in [0.3, 0.4) is 0 Å². The van der Waals surface area contributed by atoms with E-state index in [1.807, 2.05) is 5.92 Å². The third-order valence-electron chi connectivity index (χ3n) is 0.953. The molecule has 1 amide bonds. The van der Waals surface area contributed by atoms with Crippen LogP contribution in [0.2, 0.25) is 0 Å². The summed E-state index contributed by atoms with van der Waals surface area (Å²) in [6, 6.07) is 0. The van der Waals surface area contributed by atoms with Crippen molar-refractivity contribution in [1.82, 2.24) is 5.32 Å². The number of ketones is 1. The van der Waals surface area contributed by atoms with E-state index in [0.29, 0.717) is 0 Å². The summed E-state index contributed by atoms with van der Waals surface area (Å²) in [7, 11) is 0. The highest BCUT2D eigenvalue weighted by molar-refractivity contribution is 5.97. The maximum atomic E-state index is 10.9. The number of hydrogen-bond acceptors (Lipinski definition) is 3. The summed E-state index contributed by atoms with van der Waals surface area (Å²) < 4.78 is 4.86. The van der Waals surface area contributed by atoms with Gasteiger partial charge in [-0.3, -0.25) is 4.79 Å². The highest BCUT2D eigenvalue weighted by Gasteiger charge is 2.15. The molecule has 0 heterocycles. The van der Waals surface area contributed by atoms with Gasteiger partial charge in [0.25, 0.3) is 0 Å². The Balaban J connectivity index is 3.79. The van der Waals surface area contributed by atoms with Crippen molar-refractivity contribution in [1.29, 1.82) is 0 Å². The van der Waals surface area contributed by atoms with Crippen LogP contribution >= 0.6 is 0 Å². The summed E-state index contributed by atoms with van der Waals surface area (Å²) in [4.78, 5) is 21.5. The van der Waals surface area contributed by atoms with Crippen molar-refractivity contribution < 1.29 is 14.3 Å². The van der Waals surface area contributed by atoms with Crippen LogP contribution in [0.15, 0.2) is 0 Å². The molecule has 0 saturated heterocycles. The molecule has 0 aromatic rings. The fraction of sp³-hybridized carbons (Fsp3) is 0.556. The Bertz CT molecular complexity index is 245. The minimum Gasteiger partial charge on any atom is -0.444 e. The number of ether oxygens (including phenoxy) is 1. The van der Waals surface area contributed by atoms with Crippen molar-refractivity contribution in [2.24, 2.45) is 0 Å². The number of carbonyl (C=O) groups is 2. The van der Waals surface area contributed by atoms with Gasteiger partial charge < -0.3 is 10.1 Å². The number of terminal acetylenes is 1. The molecular weight excluding hydrogens is 170 g/mol. The lowest BCUT2D eigenvalue weighted by Crippen LogP contribution is -2.35. The van der Waals surface area contributed by atoms with Crippen LogP contribution < -0.4 is 5.32 Å². The first-order chi connectivity index (χ1) is 5.85. The van der Waals surface area contributed by atoms with Crippen molar-refractivity contribution in [3.63, 3.8) is 0 Å². The average Bonchev–Trinajstić information content (AvgIpc) is 1.97. The molecule has 0 unspecified atom stereocenters. The van der Waals surface area contributed by atoms with Gasteiger partial charge in [-0.25, -0.2) is 4.79 Å². The Morgan fingerprint density at radius 1 is 1.46 bits per heavy atom. The number of nitrogens with one attached hydrogen (secondary N) is 1. The fourth-order valence-corrected chi connectivity index (χ4v) is 0.518. The summed E-state index contributed by atoms with van der Waals surface area (Å²) in [5.74, 6) is 1.39. The molecule has 0 rings (SSSR count). The SMILES string of the molecule is C#CC(=O)CNC(=O)OC(C)(C)C. The van der Waals surface area contributed by atoms with Crippen molar-refractivity contribution in [3.05, 3.63) is 0 Å². The van der Waals surface area contributed by atoms with Crippen molar-refractivity contribution in [2.45, 2.75) is 26.4 Å². The first kappa shape index (κ1) is 11.5. The Kier molecular flexibility index (Phi) is 3.99. The van der Waals surface area contributed by atoms with E-state index in [2.05, 4.69) is 5.32 Å². The van der Waals surface area contributed by atoms with E-state index in [1.165, 1.54) is 0 Å². The summed E-state index contributed by atoms with van der Waals surface area (Å²) in [6.45, 7) is 5.01. The molecule has 0 radical (unpaired) electrons. The van der Waals surface area contributed by atoms with Crippen molar-refractivity contribution in [2.75, 3.05) is 6.54 Å². The third kappa shape index (κ3) is 6.88. The van der Waals surface area contributed by atoms with Crippen molar-refractivity contribution >= 4 is 11.9 Å². The molecule has 13 heavy (non-hydrogen) atoms. The van der Waals surface area contributed by atoms with Crippen LogP contribution in [-0.2, 0) is 9.53 Å². The number of hydrogen-bond donors (Lipinski definition) is 1. The topological polar surface area (TPSA) is 55.4 Å². The highest BCUT2D eigenvalue weighted by atomic mass is 16.6. The van der Waals surface area contributed by atoms with Crippen LogP contribution in [-0.4, -0.2) is 24.0 Å². The summed E-state index contributed by atoms with van der Waals surface area (Å²) >= 11 is 0. The van der Waals surface area contributed by atoms with E-state index in [0.717, 1.165) is 0 Å². The number of amides is 1. The molecule has 0 saturated carbocycles. The van der Waals surface area contributed by atoms with Gasteiger partial charge in [0.2, 0.25) is 5.78 Å². The second-order valence-corrected chi connectivity index (χ2v) is 3.42. The molecule has 0 bridgehead atoms. The molecule has 0 aromatic carbocycles. The summed E-state index contributed by atoms with van der Waals surface area (Å²) in [5.41, 5.74) is -0.566. The molecule has 4 heteroatoms. The van der Waals surface area contributed by atoms with Gasteiger partial charge in [0, 0.05) is 0 Å². The van der Waals surface area contributed by atoms with Crippen LogP contribution in [0.1, 0.15) is 20.8 Å². The molecule has 0 fully saturated rings. The lowest BCUT2D eigenvalue weighted by Gasteiger charge is -2.19. The third-order valence-corrected chi connectivity index (χ3v) is 0.953. The number of carbonyl (C=O) groups excluding carboxylic acids is 2. The number of rotatable bonds is 2. The van der Waals surface area contributed by atoms with Gasteiger partial charge in [0.15, 0.2) is 0 Å². The Morgan fingerprint density at radius 3 is 2.38 bits per heavy atom. The molecule has 4 nitrogen and oxygen atoms in total. The van der Waals surface area contributed by atoms with E-state index in [1.54, 1.807) is 20.8 Å². The van der Waals surface area contributed by atoms with E-state index in [-0.39, 0.29) is 6.54 Å². The van der Waals surface area contributed by atoms with Gasteiger partial charge in [-0.2, -0.15) is 0 Å². The zero-order valence-electron chi connectivity index (χ0n) is 8.01. The van der Waals surface area contributed by atoms with Crippen molar-refractivity contribution in [3.8, 4) is 12.3 Å². The second-order valence-electron chi connectivity index (χ2n) is 3.42. The zero-order chi connectivity index (χ0) is 10.5. The van der Waals surface area contributed by atoms with E-state index in [4.69, 9.17) is 11.2 Å². The molecule has 0 spiro atoms. The molecule has 0 aliphatic rings. The summed E-state index contributed by atoms with van der Waals surface area (Å²) in [6.07, 6.45) is 4.15. The lowest BCUT2D eigenvalue weighted by atomic mass is 10.2. The van der Waals surface area contributed by atoms with E-state index < -0.39 is 17.5 Å². The Labute approximate surface area is 77.6 Å². The largest absolute Gasteiger partial charge is 0.444 e. The standard InChI is InChI=1S/C9H13NO3/c1-5-7(11)6-10-8(12)13-9(2,3)4/h1H,6H2,2-4H3,(H,10,12). The predicted octanol–water partition coefficient (Wildman–Crippen LogP) is 0.713. The quantitative estimate of drug-likeness (QED) is 0.506. The Hall–Kier alpha value is -1.50. The Morgan fingerprint density at radius 2 is 2.00 bits per heavy atom. The van der Waals surface area contributed by atoms with Gasteiger partial charge in [-0.05, 0) is 26.7 Å². The normalized spacial score (nSPS) is 10.0. The molecule has 0 aliphatic carbocycles. The van der Waals surface area contributed by atoms with Gasteiger partial charge in [0.05, 0.1) is 6.54 Å². The van der Waals surface area contributed by atoms with Crippen LogP contribution in [0.4, 0.5) is 4.79 Å². The second kappa shape index (κ2) is 4.51. The van der Waals surface area contributed by atoms with Gasteiger partial charge in [-0.15, -0.1) is 6.42 Å². The predicted molar refractivity (Wildman–Crippen MR) is 48.1 cm³/mol. The molecule has 0 aromatic heterocycles. The number of Topliss-reactive ketones (excluding diaryl/α,β-unsaturated/α-hetero) is 1. The first-order valence-electron chi connectivity index (χ1n) is 3.81. The molecule has 72 valence electrons. The van der Waals surface area contributed by atoms with E-state index in [9.17, 15) is 9.59 Å². The van der Waals surface area contributed by atoms with E-state index >= 15 is 0 Å². The minimum absolute atomic E-state index is 0.189. The molecular formula is C9H13NO3. The fourth-order valence-electron chi connectivity index (χ4n) is 0.518. The summed E-state index contributed by atoms with van der Waals surface area (Å²) in [5, 5.41) is 2.24. The highest BCUT2D eigenvalue weighted by Crippen LogP contribution is 2.05. The van der Waals surface area contributed by atoms with Gasteiger partial charge in [-0.1, -0.05) is 0 Å². The van der Waals surface area contributed by atoms with Gasteiger partial charge in [0.1, 0.15) is 5.60 Å². The number of alkyl carbamates (subject to hydrolysis) is 1. The lowest BCUT2D eigenvalue weighted by molar-refractivity contribution is -0.113. The van der Waals surface area contributed by atoms with Crippen LogP contribution in [0, 0.1) is 12.3 Å². The molecule has 1 N–H and O–H groups in total. The van der Waals surface area contributed by atoms with Crippen LogP contribution in [0.25, 0.3) is 0 Å². The maximum Gasteiger partial charge on any atom is 0.408 e. The van der Waals surface area contributed by atoms with Crippen LogP contribution in [0.5, 0.6) is 0 Å². The monoisotopic (exact) mass is 183 g/mol. The maximum absolute atomic E-state index is 10.9. The molecule has 0 aliphatic heterocycles. The molecule has 0 atom stereocenters. The average molecular weight is 183 g/mol. The van der Waals surface area contributed by atoms with Gasteiger partial charge >= 0.3 is 6.09 Å².